The SMILES string of the molecule is COC(=O)c1ccc(Oc2ccccc2OC)c(N)c1. The second-order valence-electron chi connectivity index (χ2n) is 4.00. The van der Waals surface area contributed by atoms with Crippen molar-refractivity contribution < 1.29 is 19.0 Å². The van der Waals surface area contributed by atoms with Crippen molar-refractivity contribution in [2.75, 3.05) is 20.0 Å². The molecule has 2 aromatic carbocycles. The molecule has 0 aromatic heterocycles. The highest BCUT2D eigenvalue weighted by molar-refractivity contribution is 5.90. The summed E-state index contributed by atoms with van der Waals surface area (Å²) in [6.07, 6.45) is 0. The summed E-state index contributed by atoms with van der Waals surface area (Å²) in [7, 11) is 2.88. The second kappa shape index (κ2) is 5.97. The Morgan fingerprint density at radius 1 is 1.00 bits per heavy atom. The fourth-order valence-electron chi connectivity index (χ4n) is 1.71. The maximum Gasteiger partial charge on any atom is 0.337 e. The van der Waals surface area contributed by atoms with Crippen LogP contribution in [0.2, 0.25) is 0 Å². The number of hydrogen-bond donors (Lipinski definition) is 1. The monoisotopic (exact) mass is 273 g/mol. The Hall–Kier alpha value is -2.69. The molecule has 0 atom stereocenters. The van der Waals surface area contributed by atoms with Crippen LogP contribution in [0.5, 0.6) is 17.2 Å². The van der Waals surface area contributed by atoms with Crippen molar-refractivity contribution in [1.82, 2.24) is 0 Å². The first-order valence-corrected chi connectivity index (χ1v) is 5.94. The molecule has 0 bridgehead atoms. The molecule has 0 heterocycles. The first-order valence-electron chi connectivity index (χ1n) is 5.94. The molecule has 5 nitrogen and oxygen atoms in total. The predicted molar refractivity (Wildman–Crippen MR) is 75.3 cm³/mol. The van der Waals surface area contributed by atoms with E-state index in [9.17, 15) is 4.79 Å². The molecule has 2 aromatic rings. The van der Waals surface area contributed by atoms with Gasteiger partial charge in [0.2, 0.25) is 0 Å². The average Bonchev–Trinajstić information content (AvgIpc) is 2.49. The normalized spacial score (nSPS) is 9.90. The summed E-state index contributed by atoms with van der Waals surface area (Å²) in [6.45, 7) is 0. The van der Waals surface area contributed by atoms with E-state index in [4.69, 9.17) is 15.2 Å². The Kier molecular flexibility index (Phi) is 4.10. The fraction of sp³-hybridized carbons (Fsp3) is 0.133. The van der Waals surface area contributed by atoms with Gasteiger partial charge in [-0.25, -0.2) is 4.79 Å². The number of rotatable bonds is 4. The lowest BCUT2D eigenvalue weighted by molar-refractivity contribution is 0.0601. The molecule has 0 spiro atoms. The molecule has 0 aliphatic rings. The van der Waals surface area contributed by atoms with Gasteiger partial charge in [-0.2, -0.15) is 0 Å². The van der Waals surface area contributed by atoms with E-state index in [0.717, 1.165) is 0 Å². The summed E-state index contributed by atoms with van der Waals surface area (Å²) in [5, 5.41) is 0. The summed E-state index contributed by atoms with van der Waals surface area (Å²) >= 11 is 0. The van der Waals surface area contributed by atoms with Crippen molar-refractivity contribution in [3.8, 4) is 17.2 Å². The van der Waals surface area contributed by atoms with Crippen LogP contribution >= 0.6 is 0 Å². The third kappa shape index (κ3) is 2.83. The molecule has 5 heteroatoms. The van der Waals surface area contributed by atoms with Crippen LogP contribution in [-0.4, -0.2) is 20.2 Å². The zero-order valence-corrected chi connectivity index (χ0v) is 11.3. The highest BCUT2D eigenvalue weighted by Gasteiger charge is 2.11. The number of methoxy groups -OCH3 is 2. The van der Waals surface area contributed by atoms with E-state index < -0.39 is 5.97 Å². The first kappa shape index (κ1) is 13.7. The molecule has 2 rings (SSSR count). The summed E-state index contributed by atoms with van der Waals surface area (Å²) in [6, 6.07) is 11.9. The van der Waals surface area contributed by atoms with Gasteiger partial charge in [0.25, 0.3) is 0 Å². The van der Waals surface area contributed by atoms with Crippen LogP contribution in [0.3, 0.4) is 0 Å². The lowest BCUT2D eigenvalue weighted by atomic mass is 10.2. The minimum Gasteiger partial charge on any atom is -0.493 e. The van der Waals surface area contributed by atoms with Crippen molar-refractivity contribution in [1.29, 1.82) is 0 Å². The summed E-state index contributed by atoms with van der Waals surface area (Å²) in [5.41, 5.74) is 6.60. The van der Waals surface area contributed by atoms with E-state index in [0.29, 0.717) is 28.5 Å². The number of nitrogen functional groups attached to an aromatic ring is 1. The Bertz CT molecular complexity index is 625. The lowest BCUT2D eigenvalue weighted by Crippen LogP contribution is -2.03. The number of hydrogen-bond acceptors (Lipinski definition) is 5. The Morgan fingerprint density at radius 2 is 1.70 bits per heavy atom. The first-order chi connectivity index (χ1) is 9.65. The van der Waals surface area contributed by atoms with E-state index in [1.807, 2.05) is 12.1 Å². The highest BCUT2D eigenvalue weighted by atomic mass is 16.5. The van der Waals surface area contributed by atoms with Gasteiger partial charge in [-0.3, -0.25) is 0 Å². The van der Waals surface area contributed by atoms with Gasteiger partial charge in [-0.15, -0.1) is 0 Å². The molecule has 0 amide bonds. The maximum absolute atomic E-state index is 11.4. The smallest absolute Gasteiger partial charge is 0.337 e. The molecule has 2 N–H and O–H groups in total. The van der Waals surface area contributed by atoms with Crippen LogP contribution in [0, 0.1) is 0 Å². The maximum atomic E-state index is 11.4. The topological polar surface area (TPSA) is 70.8 Å². The molecule has 0 saturated carbocycles. The van der Waals surface area contributed by atoms with Gasteiger partial charge in [-0.05, 0) is 30.3 Å². The Balaban J connectivity index is 2.28. The number of para-hydroxylation sites is 2. The van der Waals surface area contributed by atoms with E-state index in [-0.39, 0.29) is 0 Å². The molecule has 104 valence electrons. The number of carbonyl (C=O) groups excluding carboxylic acids is 1. The number of carbonyl (C=O) groups is 1. The molecule has 0 aliphatic carbocycles. The van der Waals surface area contributed by atoms with E-state index in [1.54, 1.807) is 31.4 Å². The number of benzene rings is 2. The Morgan fingerprint density at radius 3 is 2.30 bits per heavy atom. The zero-order chi connectivity index (χ0) is 14.5. The van der Waals surface area contributed by atoms with Crippen LogP contribution in [0.15, 0.2) is 42.5 Å². The minimum absolute atomic E-state index is 0.346. The quantitative estimate of drug-likeness (QED) is 0.685. The standard InChI is InChI=1S/C15H15NO4/c1-18-13-5-3-4-6-14(13)20-12-8-7-10(9-11(12)16)15(17)19-2/h3-9H,16H2,1-2H3. The average molecular weight is 273 g/mol. The third-order valence-corrected chi connectivity index (χ3v) is 2.72. The van der Waals surface area contributed by atoms with Gasteiger partial charge in [0.1, 0.15) is 0 Å². The minimum atomic E-state index is -0.444. The predicted octanol–water partition coefficient (Wildman–Crippen LogP) is 2.86. The number of ether oxygens (including phenoxy) is 3. The summed E-state index contributed by atoms with van der Waals surface area (Å²) in [4.78, 5) is 11.4. The van der Waals surface area contributed by atoms with Crippen LogP contribution in [0.4, 0.5) is 5.69 Å². The van der Waals surface area contributed by atoms with Crippen molar-refractivity contribution in [2.45, 2.75) is 0 Å². The van der Waals surface area contributed by atoms with Crippen molar-refractivity contribution in [2.24, 2.45) is 0 Å². The summed E-state index contributed by atoms with van der Waals surface area (Å²) < 4.78 is 15.5. The second-order valence-corrected chi connectivity index (χ2v) is 4.00. The van der Waals surface area contributed by atoms with E-state index >= 15 is 0 Å². The van der Waals surface area contributed by atoms with E-state index in [1.165, 1.54) is 13.2 Å². The van der Waals surface area contributed by atoms with Crippen LogP contribution in [0.25, 0.3) is 0 Å². The lowest BCUT2D eigenvalue weighted by Gasteiger charge is -2.12. The number of anilines is 1. The van der Waals surface area contributed by atoms with Gasteiger partial charge in [-0.1, -0.05) is 12.1 Å². The van der Waals surface area contributed by atoms with Gasteiger partial charge < -0.3 is 19.9 Å². The zero-order valence-electron chi connectivity index (χ0n) is 11.3. The molecule has 0 aliphatic heterocycles. The molecule has 0 fully saturated rings. The molecular formula is C15H15NO4. The van der Waals surface area contributed by atoms with Gasteiger partial charge >= 0.3 is 5.97 Å². The van der Waals surface area contributed by atoms with Gasteiger partial charge in [0.05, 0.1) is 25.5 Å². The van der Waals surface area contributed by atoms with E-state index in [2.05, 4.69) is 4.74 Å². The van der Waals surface area contributed by atoms with Crippen LogP contribution < -0.4 is 15.2 Å². The van der Waals surface area contributed by atoms with Crippen molar-refractivity contribution in [3.05, 3.63) is 48.0 Å². The fourth-order valence-corrected chi connectivity index (χ4v) is 1.71. The number of esters is 1. The molecule has 0 saturated heterocycles. The molecular weight excluding hydrogens is 258 g/mol. The molecule has 20 heavy (non-hydrogen) atoms. The van der Waals surface area contributed by atoms with Crippen LogP contribution in [-0.2, 0) is 4.74 Å². The summed E-state index contributed by atoms with van der Waals surface area (Å²) in [5.74, 6) is 1.15. The third-order valence-electron chi connectivity index (χ3n) is 2.72. The number of nitrogens with two attached hydrogens (primary N) is 1. The van der Waals surface area contributed by atoms with Gasteiger partial charge in [0, 0.05) is 0 Å². The van der Waals surface area contributed by atoms with Crippen LogP contribution in [0.1, 0.15) is 10.4 Å². The largest absolute Gasteiger partial charge is 0.493 e. The van der Waals surface area contributed by atoms with Gasteiger partial charge in [0.15, 0.2) is 17.2 Å². The van der Waals surface area contributed by atoms with Crippen molar-refractivity contribution in [3.63, 3.8) is 0 Å². The Labute approximate surface area is 116 Å². The molecule has 0 radical (unpaired) electrons. The molecule has 0 unspecified atom stereocenters. The highest BCUT2D eigenvalue weighted by Crippen LogP contribution is 2.34. The van der Waals surface area contributed by atoms with Crippen molar-refractivity contribution >= 4 is 11.7 Å².